The molecule has 2 atom stereocenters. The van der Waals surface area contributed by atoms with Gasteiger partial charge in [-0.2, -0.15) is 4.98 Å². The third-order valence-corrected chi connectivity index (χ3v) is 7.41. The Kier molecular flexibility index (Phi) is 9.12. The summed E-state index contributed by atoms with van der Waals surface area (Å²) in [7, 11) is 9.70. The van der Waals surface area contributed by atoms with Crippen LogP contribution in [0.3, 0.4) is 0 Å². The van der Waals surface area contributed by atoms with E-state index in [1.807, 2.05) is 43.3 Å². The van der Waals surface area contributed by atoms with Gasteiger partial charge < -0.3 is 29.0 Å². The van der Waals surface area contributed by atoms with Gasteiger partial charge in [-0.05, 0) is 56.4 Å². The molecule has 1 unspecified atom stereocenters. The highest BCUT2D eigenvalue weighted by Crippen LogP contribution is 2.49. The van der Waals surface area contributed by atoms with Gasteiger partial charge in [0.25, 0.3) is 0 Å². The van der Waals surface area contributed by atoms with Crippen LogP contribution in [0, 0.1) is 5.82 Å². The second-order valence-electron chi connectivity index (χ2n) is 9.64. The monoisotopic (exact) mass is 613 g/mol. The number of halogens is 2. The van der Waals surface area contributed by atoms with Crippen molar-refractivity contribution in [2.75, 3.05) is 49.1 Å². The lowest BCUT2D eigenvalue weighted by molar-refractivity contribution is 0.00233. The molecular formula is C30H33BrFN3O5. The number of pyridine rings is 2. The Balaban J connectivity index is 2.12. The zero-order chi connectivity index (χ0) is 29.0. The predicted octanol–water partition coefficient (Wildman–Crippen LogP) is 5.54. The maximum Gasteiger partial charge on any atom is 0.217 e. The van der Waals surface area contributed by atoms with E-state index in [0.29, 0.717) is 23.2 Å². The molecule has 0 saturated carbocycles. The number of hydrogen-bond donors (Lipinski definition) is 1. The zero-order valence-corrected chi connectivity index (χ0v) is 25.0. The van der Waals surface area contributed by atoms with Gasteiger partial charge in [-0.3, -0.25) is 0 Å². The summed E-state index contributed by atoms with van der Waals surface area (Å²) in [6.07, 6.45) is 0.206. The van der Waals surface area contributed by atoms with Crippen LogP contribution in [0.2, 0.25) is 0 Å². The van der Waals surface area contributed by atoms with E-state index >= 15 is 4.39 Å². The molecular weight excluding hydrogens is 581 g/mol. The summed E-state index contributed by atoms with van der Waals surface area (Å²) in [6, 6.07) is 15.7. The standard InChI is InChI=1S/C30H33BrFN3O5/c1-35(2)13-12-30(36,19-16-25(38-4)34-26(17-19)39-5)27(21-8-7-9-24(37-3)28(21)32)22-15-18-14-20(31)10-11-23(18)33-29(22)40-6/h7-11,14-17,27,36H,12-13H2,1-6H3/t27?,30-/m1/s1. The molecule has 0 aliphatic carbocycles. The molecule has 2 heterocycles. The van der Waals surface area contributed by atoms with Gasteiger partial charge in [-0.25, -0.2) is 9.37 Å². The molecule has 8 nitrogen and oxygen atoms in total. The molecule has 0 bridgehead atoms. The van der Waals surface area contributed by atoms with Crippen molar-refractivity contribution in [3.63, 3.8) is 0 Å². The van der Waals surface area contributed by atoms with Gasteiger partial charge in [-0.15, -0.1) is 0 Å². The normalized spacial score (nSPS) is 13.7. The number of ether oxygens (including phenoxy) is 4. The molecule has 0 amide bonds. The number of fused-ring (bicyclic) bond motifs is 1. The van der Waals surface area contributed by atoms with Crippen molar-refractivity contribution in [2.45, 2.75) is 17.9 Å². The number of aliphatic hydroxyl groups is 1. The molecule has 0 aliphatic rings. The number of hydrogen-bond acceptors (Lipinski definition) is 8. The molecule has 40 heavy (non-hydrogen) atoms. The van der Waals surface area contributed by atoms with Gasteiger partial charge >= 0.3 is 0 Å². The van der Waals surface area contributed by atoms with Crippen LogP contribution in [0.4, 0.5) is 4.39 Å². The van der Waals surface area contributed by atoms with Gasteiger partial charge in [0, 0.05) is 39.7 Å². The predicted molar refractivity (Wildman–Crippen MR) is 155 cm³/mol. The molecule has 4 rings (SSSR count). The molecule has 0 aliphatic heterocycles. The van der Waals surface area contributed by atoms with Crippen molar-refractivity contribution in [3.05, 3.63) is 81.6 Å². The summed E-state index contributed by atoms with van der Waals surface area (Å²) in [5, 5.41) is 13.7. The van der Waals surface area contributed by atoms with Crippen LogP contribution >= 0.6 is 15.9 Å². The van der Waals surface area contributed by atoms with Crippen molar-refractivity contribution in [3.8, 4) is 23.4 Å². The van der Waals surface area contributed by atoms with Gasteiger partial charge in [0.15, 0.2) is 11.6 Å². The largest absolute Gasteiger partial charge is 0.494 e. The average molecular weight is 615 g/mol. The van der Waals surface area contributed by atoms with Gasteiger partial charge in [0.1, 0.15) is 5.60 Å². The lowest BCUT2D eigenvalue weighted by Gasteiger charge is -2.39. The quantitative estimate of drug-likeness (QED) is 0.236. The SMILES string of the molecule is COc1cc([C@](O)(CCN(C)C)C(c2cc3cc(Br)ccc3nc2OC)c2cccc(OC)c2F)cc(OC)n1. The fourth-order valence-corrected chi connectivity index (χ4v) is 5.27. The van der Waals surface area contributed by atoms with Crippen molar-refractivity contribution in [1.29, 1.82) is 0 Å². The summed E-state index contributed by atoms with van der Waals surface area (Å²) in [5.74, 6) is -0.783. The molecule has 4 aromatic rings. The van der Waals surface area contributed by atoms with Crippen LogP contribution in [-0.2, 0) is 5.60 Å². The van der Waals surface area contributed by atoms with E-state index in [0.717, 1.165) is 9.86 Å². The highest BCUT2D eigenvalue weighted by atomic mass is 79.9. The Bertz CT molecular complexity index is 1480. The second kappa shape index (κ2) is 12.4. The summed E-state index contributed by atoms with van der Waals surface area (Å²) in [6.45, 7) is 0.473. The van der Waals surface area contributed by atoms with E-state index in [1.165, 1.54) is 28.4 Å². The number of nitrogens with zero attached hydrogens (tertiary/aromatic N) is 3. The molecule has 212 valence electrons. The van der Waals surface area contributed by atoms with Crippen molar-refractivity contribution >= 4 is 26.8 Å². The summed E-state index contributed by atoms with van der Waals surface area (Å²) in [4.78, 5) is 11.0. The van der Waals surface area contributed by atoms with Crippen molar-refractivity contribution in [1.82, 2.24) is 14.9 Å². The maximum absolute atomic E-state index is 16.2. The average Bonchev–Trinajstić information content (AvgIpc) is 2.96. The zero-order valence-electron chi connectivity index (χ0n) is 23.4. The third-order valence-electron chi connectivity index (χ3n) is 6.91. The van der Waals surface area contributed by atoms with Crippen molar-refractivity contribution in [2.24, 2.45) is 0 Å². The topological polar surface area (TPSA) is 86.2 Å². The number of methoxy groups -OCH3 is 4. The Morgan fingerprint density at radius 3 is 2.20 bits per heavy atom. The Hall–Kier alpha value is -3.47. The first-order valence-corrected chi connectivity index (χ1v) is 13.4. The fraction of sp³-hybridized carbons (Fsp3) is 0.333. The molecule has 0 spiro atoms. The van der Waals surface area contributed by atoms with Crippen LogP contribution in [-0.4, -0.2) is 69.1 Å². The van der Waals surface area contributed by atoms with E-state index in [9.17, 15) is 5.11 Å². The van der Waals surface area contributed by atoms with Crippen LogP contribution < -0.4 is 18.9 Å². The third kappa shape index (κ3) is 5.84. The van der Waals surface area contributed by atoms with E-state index < -0.39 is 17.3 Å². The molecule has 1 N–H and O–H groups in total. The minimum Gasteiger partial charge on any atom is -0.494 e. The molecule has 2 aromatic carbocycles. The lowest BCUT2D eigenvalue weighted by Crippen LogP contribution is -2.38. The second-order valence-corrected chi connectivity index (χ2v) is 10.6. The number of aromatic nitrogens is 2. The molecule has 10 heteroatoms. The highest BCUT2D eigenvalue weighted by Gasteiger charge is 2.44. The Morgan fingerprint density at radius 1 is 0.900 bits per heavy atom. The van der Waals surface area contributed by atoms with Gasteiger partial charge in [-0.1, -0.05) is 28.1 Å². The van der Waals surface area contributed by atoms with Crippen LogP contribution in [0.15, 0.2) is 59.1 Å². The summed E-state index contributed by atoms with van der Waals surface area (Å²) < 4.78 is 39.0. The molecule has 2 aromatic heterocycles. The van der Waals surface area contributed by atoms with E-state index in [4.69, 9.17) is 23.9 Å². The van der Waals surface area contributed by atoms with Crippen LogP contribution in [0.25, 0.3) is 10.9 Å². The molecule has 0 radical (unpaired) electrons. The summed E-state index contributed by atoms with van der Waals surface area (Å²) >= 11 is 3.53. The summed E-state index contributed by atoms with van der Waals surface area (Å²) in [5.41, 5.74) is 0.121. The maximum atomic E-state index is 16.2. The Labute approximate surface area is 241 Å². The van der Waals surface area contributed by atoms with Crippen LogP contribution in [0.1, 0.15) is 29.0 Å². The first kappa shape index (κ1) is 29.5. The lowest BCUT2D eigenvalue weighted by atomic mass is 9.71. The smallest absolute Gasteiger partial charge is 0.217 e. The fourth-order valence-electron chi connectivity index (χ4n) is 4.90. The first-order chi connectivity index (χ1) is 19.1. The number of benzene rings is 2. The van der Waals surface area contributed by atoms with Gasteiger partial charge in [0.05, 0.1) is 39.9 Å². The van der Waals surface area contributed by atoms with E-state index in [2.05, 4.69) is 20.9 Å². The highest BCUT2D eigenvalue weighted by molar-refractivity contribution is 9.10. The molecule has 0 saturated heterocycles. The molecule has 0 fully saturated rings. The van der Waals surface area contributed by atoms with E-state index in [1.54, 1.807) is 30.3 Å². The number of rotatable bonds is 11. The van der Waals surface area contributed by atoms with Crippen molar-refractivity contribution < 1.29 is 28.4 Å². The van der Waals surface area contributed by atoms with E-state index in [-0.39, 0.29) is 35.4 Å². The van der Waals surface area contributed by atoms with Crippen LogP contribution in [0.5, 0.6) is 23.4 Å². The Morgan fingerprint density at radius 2 is 1.60 bits per heavy atom. The minimum atomic E-state index is -1.71. The minimum absolute atomic E-state index is 0.0535. The first-order valence-electron chi connectivity index (χ1n) is 12.6. The van der Waals surface area contributed by atoms with Gasteiger partial charge in [0.2, 0.25) is 17.6 Å².